The van der Waals surface area contributed by atoms with Crippen LogP contribution in [-0.2, 0) is 10.2 Å². The van der Waals surface area contributed by atoms with Gasteiger partial charge < -0.3 is 5.73 Å². The molecule has 106 valence electrons. The molecule has 2 rings (SSSR count). The van der Waals surface area contributed by atoms with Crippen molar-refractivity contribution in [3.8, 4) is 0 Å². The summed E-state index contributed by atoms with van der Waals surface area (Å²) in [6.07, 6.45) is 2.72. The molecule has 0 spiro atoms. The van der Waals surface area contributed by atoms with Crippen LogP contribution >= 0.6 is 0 Å². The molecule has 0 radical (unpaired) electrons. The molecule has 18 heavy (non-hydrogen) atoms. The van der Waals surface area contributed by atoms with Gasteiger partial charge in [0.1, 0.15) is 0 Å². The summed E-state index contributed by atoms with van der Waals surface area (Å²) in [7, 11) is -3.25. The third-order valence-corrected chi connectivity index (χ3v) is 6.33. The van der Waals surface area contributed by atoms with Gasteiger partial charge in [-0.25, -0.2) is 0 Å². The summed E-state index contributed by atoms with van der Waals surface area (Å²) in [5, 5.41) is 0. The first-order chi connectivity index (χ1) is 8.41. The quantitative estimate of drug-likeness (QED) is 0.804. The highest BCUT2D eigenvalue weighted by molar-refractivity contribution is 7.86. The summed E-state index contributed by atoms with van der Waals surface area (Å²) < 4.78 is 28.3. The van der Waals surface area contributed by atoms with Gasteiger partial charge in [-0.1, -0.05) is 13.8 Å². The molecule has 0 aromatic rings. The number of nitrogens with two attached hydrogens (primary N) is 1. The smallest absolute Gasteiger partial charge is 0.281 e. The molecular formula is C12H25N3O2S. The number of nitrogens with zero attached hydrogens (tertiary/aromatic N) is 2. The van der Waals surface area contributed by atoms with Gasteiger partial charge in [0.15, 0.2) is 0 Å². The lowest BCUT2D eigenvalue weighted by Crippen LogP contribution is -2.53. The highest BCUT2D eigenvalue weighted by Gasteiger charge is 2.36. The second-order valence-corrected chi connectivity index (χ2v) is 7.81. The molecule has 6 heteroatoms. The molecule has 2 aliphatic heterocycles. The van der Waals surface area contributed by atoms with Crippen molar-refractivity contribution in [1.29, 1.82) is 0 Å². The van der Waals surface area contributed by atoms with Gasteiger partial charge in [0.2, 0.25) is 0 Å². The van der Waals surface area contributed by atoms with E-state index >= 15 is 0 Å². The number of hydrogen-bond donors (Lipinski definition) is 1. The minimum absolute atomic E-state index is 0.137. The molecule has 2 aliphatic rings. The Labute approximate surface area is 110 Å². The molecule has 2 N–H and O–H groups in total. The molecule has 0 aliphatic carbocycles. The largest absolute Gasteiger partial charge is 0.327 e. The van der Waals surface area contributed by atoms with Crippen molar-refractivity contribution in [3.63, 3.8) is 0 Å². The molecule has 0 aromatic heterocycles. The fraction of sp³-hybridized carbons (Fsp3) is 1.00. The number of rotatable bonds is 2. The third kappa shape index (κ3) is 2.87. The Bertz CT molecular complexity index is 377. The van der Waals surface area contributed by atoms with E-state index in [1.807, 2.05) is 6.92 Å². The Morgan fingerprint density at radius 3 is 2.11 bits per heavy atom. The summed E-state index contributed by atoms with van der Waals surface area (Å²) in [4.78, 5) is 0. The maximum absolute atomic E-state index is 12.5. The van der Waals surface area contributed by atoms with E-state index in [4.69, 9.17) is 5.73 Å². The van der Waals surface area contributed by atoms with Gasteiger partial charge >= 0.3 is 0 Å². The average Bonchev–Trinajstić information content (AvgIpc) is 2.33. The fourth-order valence-corrected chi connectivity index (χ4v) is 4.47. The molecule has 5 nitrogen and oxygen atoms in total. The molecule has 2 saturated heterocycles. The van der Waals surface area contributed by atoms with Crippen LogP contribution in [0.25, 0.3) is 0 Å². The van der Waals surface area contributed by atoms with Crippen LogP contribution in [-0.4, -0.2) is 49.2 Å². The minimum Gasteiger partial charge on any atom is -0.327 e. The number of hydrogen-bond acceptors (Lipinski definition) is 3. The zero-order valence-electron chi connectivity index (χ0n) is 11.4. The maximum atomic E-state index is 12.5. The van der Waals surface area contributed by atoms with Gasteiger partial charge in [-0.2, -0.15) is 17.0 Å². The van der Waals surface area contributed by atoms with Crippen LogP contribution in [0, 0.1) is 11.8 Å². The van der Waals surface area contributed by atoms with E-state index in [1.165, 1.54) is 0 Å². The number of piperidine rings is 2. The average molecular weight is 275 g/mol. The van der Waals surface area contributed by atoms with E-state index in [1.54, 1.807) is 8.61 Å². The fourth-order valence-electron chi connectivity index (χ4n) is 2.71. The molecule has 0 saturated carbocycles. The van der Waals surface area contributed by atoms with Crippen LogP contribution in [0.15, 0.2) is 0 Å². The first-order valence-electron chi connectivity index (χ1n) is 6.92. The van der Waals surface area contributed by atoms with Crippen LogP contribution in [0.3, 0.4) is 0 Å². The molecule has 2 fully saturated rings. The van der Waals surface area contributed by atoms with E-state index in [2.05, 4.69) is 6.92 Å². The predicted octanol–water partition coefficient (Wildman–Crippen LogP) is 0.632. The zero-order valence-corrected chi connectivity index (χ0v) is 12.2. The summed E-state index contributed by atoms with van der Waals surface area (Å²) in [5.41, 5.74) is 5.95. The summed E-state index contributed by atoms with van der Waals surface area (Å²) >= 11 is 0. The van der Waals surface area contributed by atoms with Crippen molar-refractivity contribution >= 4 is 10.2 Å². The van der Waals surface area contributed by atoms with Gasteiger partial charge in [0, 0.05) is 32.2 Å². The van der Waals surface area contributed by atoms with E-state index in [9.17, 15) is 8.42 Å². The molecule has 2 heterocycles. The van der Waals surface area contributed by atoms with E-state index < -0.39 is 10.2 Å². The van der Waals surface area contributed by atoms with Crippen LogP contribution in [0.1, 0.15) is 33.1 Å². The zero-order chi connectivity index (χ0) is 13.3. The van der Waals surface area contributed by atoms with Crippen LogP contribution in [0.5, 0.6) is 0 Å². The van der Waals surface area contributed by atoms with Crippen molar-refractivity contribution in [2.24, 2.45) is 17.6 Å². The normalized spacial score (nSPS) is 33.7. The van der Waals surface area contributed by atoms with Crippen molar-refractivity contribution in [2.45, 2.75) is 39.2 Å². The minimum atomic E-state index is -3.25. The molecule has 2 atom stereocenters. The second-order valence-electron chi connectivity index (χ2n) is 5.88. The van der Waals surface area contributed by atoms with E-state index in [0.29, 0.717) is 32.1 Å². The first kappa shape index (κ1) is 14.2. The van der Waals surface area contributed by atoms with Crippen LogP contribution in [0.4, 0.5) is 0 Å². The van der Waals surface area contributed by atoms with E-state index in [0.717, 1.165) is 19.3 Å². The van der Waals surface area contributed by atoms with Gasteiger partial charge in [-0.05, 0) is 31.1 Å². The molecule has 0 amide bonds. The van der Waals surface area contributed by atoms with E-state index in [-0.39, 0.29) is 12.0 Å². The molecule has 0 aromatic carbocycles. The third-order valence-electron chi connectivity index (χ3n) is 4.33. The highest BCUT2D eigenvalue weighted by atomic mass is 32.2. The lowest BCUT2D eigenvalue weighted by atomic mass is 9.96. The predicted molar refractivity (Wildman–Crippen MR) is 72.2 cm³/mol. The Kier molecular flexibility index (Phi) is 4.31. The lowest BCUT2D eigenvalue weighted by molar-refractivity contribution is 0.217. The summed E-state index contributed by atoms with van der Waals surface area (Å²) in [5.74, 6) is 0.891. The van der Waals surface area contributed by atoms with Gasteiger partial charge in [0.25, 0.3) is 10.2 Å². The Hall–Kier alpha value is -0.170. The lowest BCUT2D eigenvalue weighted by Gasteiger charge is -2.38. The van der Waals surface area contributed by atoms with Crippen LogP contribution < -0.4 is 5.73 Å². The van der Waals surface area contributed by atoms with Gasteiger partial charge in [-0.3, -0.25) is 0 Å². The first-order valence-corrected chi connectivity index (χ1v) is 8.31. The summed E-state index contributed by atoms with van der Waals surface area (Å²) in [6.45, 7) is 6.69. The topological polar surface area (TPSA) is 66.6 Å². The summed E-state index contributed by atoms with van der Waals surface area (Å²) in [6, 6.07) is 0.137. The van der Waals surface area contributed by atoms with Crippen molar-refractivity contribution in [1.82, 2.24) is 8.61 Å². The Balaban J connectivity index is 2.02. The standard InChI is InChI=1S/C12H25N3O2S/c1-10-3-6-14(7-4-10)18(16,17)15-8-5-12(13)11(2)9-15/h10-12H,3-9,13H2,1-2H3. The van der Waals surface area contributed by atoms with Crippen LogP contribution in [0.2, 0.25) is 0 Å². The van der Waals surface area contributed by atoms with Gasteiger partial charge in [0.05, 0.1) is 0 Å². The molecular weight excluding hydrogens is 250 g/mol. The maximum Gasteiger partial charge on any atom is 0.281 e. The molecule has 0 bridgehead atoms. The Morgan fingerprint density at radius 1 is 1.00 bits per heavy atom. The van der Waals surface area contributed by atoms with Gasteiger partial charge in [-0.15, -0.1) is 0 Å². The van der Waals surface area contributed by atoms with Crippen molar-refractivity contribution in [2.75, 3.05) is 26.2 Å². The Morgan fingerprint density at radius 2 is 1.56 bits per heavy atom. The molecule has 2 unspecified atom stereocenters. The van der Waals surface area contributed by atoms with Crippen molar-refractivity contribution in [3.05, 3.63) is 0 Å². The SMILES string of the molecule is CC1CCN(S(=O)(=O)N2CCC(N)C(C)C2)CC1. The highest BCUT2D eigenvalue weighted by Crippen LogP contribution is 2.24. The monoisotopic (exact) mass is 275 g/mol. The second kappa shape index (κ2) is 5.45. The van der Waals surface area contributed by atoms with Crippen molar-refractivity contribution < 1.29 is 8.42 Å².